The van der Waals surface area contributed by atoms with E-state index in [2.05, 4.69) is 23.7 Å². The van der Waals surface area contributed by atoms with Gasteiger partial charge < -0.3 is 49.2 Å². The van der Waals surface area contributed by atoms with Crippen LogP contribution in [0.25, 0.3) is 0 Å². The molecule has 1 aliphatic rings. The topological polar surface area (TPSA) is 233 Å². The van der Waals surface area contributed by atoms with Gasteiger partial charge in [0.05, 0.1) is 12.8 Å². The number of hydrogen-bond donors (Lipinski definition) is 5. The Morgan fingerprint density at radius 3 is 1.15 bits per heavy atom. The van der Waals surface area contributed by atoms with Crippen molar-refractivity contribution in [1.29, 1.82) is 0 Å². The summed E-state index contributed by atoms with van der Waals surface area (Å²) in [5, 5.41) is 43.8. The van der Waals surface area contributed by atoms with Crippen molar-refractivity contribution < 1.29 is 73.2 Å². The predicted molar refractivity (Wildman–Crippen MR) is 68.7 cm³/mol. The van der Waals surface area contributed by atoms with Gasteiger partial charge in [0, 0.05) is 0 Å². The van der Waals surface area contributed by atoms with Crippen molar-refractivity contribution in [1.82, 2.24) is 0 Å². The number of hydrogen-bond acceptors (Lipinski definition) is 10. The first-order valence-corrected chi connectivity index (χ1v) is 6.44. The summed E-state index contributed by atoms with van der Waals surface area (Å²) in [5.41, 5.74) is 0. The van der Waals surface area contributed by atoms with E-state index in [1.165, 1.54) is 0 Å². The fourth-order valence-corrected chi connectivity index (χ4v) is 2.54. The Kier molecular flexibility index (Phi) is 5.88. The average molecular weight is 384 g/mol. The van der Waals surface area contributed by atoms with E-state index in [4.69, 9.17) is 25.5 Å². The molecule has 5 N–H and O–H groups in total. The molecular formula is C11H12O15. The normalized spacial score (nSPS) is 18.0. The van der Waals surface area contributed by atoms with E-state index in [1.807, 2.05) is 0 Å². The zero-order chi connectivity index (χ0) is 20.1. The van der Waals surface area contributed by atoms with E-state index in [0.717, 1.165) is 0 Å². The van der Waals surface area contributed by atoms with Crippen molar-refractivity contribution in [3.63, 3.8) is 0 Å². The molecule has 0 heterocycles. The van der Waals surface area contributed by atoms with Gasteiger partial charge in [-0.25, -0.2) is 24.0 Å². The fourth-order valence-electron chi connectivity index (χ4n) is 2.54. The second-order valence-electron chi connectivity index (χ2n) is 4.88. The van der Waals surface area contributed by atoms with Crippen LogP contribution >= 0.6 is 0 Å². The van der Waals surface area contributed by atoms with Gasteiger partial charge in [-0.1, -0.05) is 0 Å². The predicted octanol–water partition coefficient (Wildman–Crippen LogP) is 1.40. The van der Waals surface area contributed by atoms with Crippen molar-refractivity contribution in [2.24, 2.45) is 0 Å². The van der Waals surface area contributed by atoms with Crippen molar-refractivity contribution in [2.75, 3.05) is 0 Å². The molecule has 146 valence electrons. The Balaban J connectivity index is 3.39. The summed E-state index contributed by atoms with van der Waals surface area (Å²) in [6.07, 6.45) is -14.9. The fraction of sp³-hybridized carbons (Fsp3) is 0.545. The van der Waals surface area contributed by atoms with Gasteiger partial charge in [-0.05, 0) is 0 Å². The van der Waals surface area contributed by atoms with Crippen LogP contribution in [0.4, 0.5) is 24.0 Å². The molecule has 15 nitrogen and oxygen atoms in total. The lowest BCUT2D eigenvalue weighted by atomic mass is 9.86. The van der Waals surface area contributed by atoms with Gasteiger partial charge in [-0.15, -0.1) is 0 Å². The highest BCUT2D eigenvalue weighted by atomic mass is 16.8. The van der Waals surface area contributed by atoms with Crippen LogP contribution in [0.15, 0.2) is 0 Å². The Morgan fingerprint density at radius 1 is 0.615 bits per heavy atom. The Morgan fingerprint density at radius 2 is 0.923 bits per heavy atom. The summed E-state index contributed by atoms with van der Waals surface area (Å²) >= 11 is 0. The van der Waals surface area contributed by atoms with Gasteiger partial charge >= 0.3 is 30.8 Å². The molecule has 0 saturated heterocycles. The Hall–Kier alpha value is -3.65. The van der Waals surface area contributed by atoms with Crippen molar-refractivity contribution in [3.05, 3.63) is 0 Å². The van der Waals surface area contributed by atoms with Crippen molar-refractivity contribution >= 4 is 30.8 Å². The first-order valence-electron chi connectivity index (χ1n) is 6.44. The lowest BCUT2D eigenvalue weighted by Gasteiger charge is -2.44. The van der Waals surface area contributed by atoms with Crippen LogP contribution < -0.4 is 0 Å². The van der Waals surface area contributed by atoms with E-state index in [9.17, 15) is 24.0 Å². The lowest BCUT2D eigenvalue weighted by Crippen LogP contribution is -2.58. The quantitative estimate of drug-likeness (QED) is 0.256. The summed E-state index contributed by atoms with van der Waals surface area (Å²) in [5.74, 6) is -5.55. The standard InChI is InChI=1S/C11H12O15/c12-5(13)22-4-1-10(23-6(14)15,24-7(16)17)3-11(2-4,25-8(18)19)26-9(20)21/h4H,1-3H2,(H,12,13)(H,14,15)(H,16,17)(H,18,19)(H,20,21). The summed E-state index contributed by atoms with van der Waals surface area (Å²) in [4.78, 5) is 54.2. The minimum absolute atomic E-state index is 0.856. The van der Waals surface area contributed by atoms with E-state index in [1.54, 1.807) is 0 Å². The highest BCUT2D eigenvalue weighted by Crippen LogP contribution is 2.43. The van der Waals surface area contributed by atoms with E-state index in [0.29, 0.717) is 0 Å². The first-order chi connectivity index (χ1) is 11.9. The van der Waals surface area contributed by atoms with Crippen LogP contribution in [0, 0.1) is 0 Å². The minimum atomic E-state index is -2.78. The molecule has 1 aliphatic carbocycles. The van der Waals surface area contributed by atoms with Crippen molar-refractivity contribution in [2.45, 2.75) is 36.9 Å². The minimum Gasteiger partial charge on any atom is -0.450 e. The van der Waals surface area contributed by atoms with Crippen LogP contribution in [0.5, 0.6) is 0 Å². The number of carboxylic acid groups (broad SMARTS) is 5. The zero-order valence-electron chi connectivity index (χ0n) is 12.5. The highest BCUT2D eigenvalue weighted by molar-refractivity contribution is 5.62. The molecule has 1 fully saturated rings. The molecule has 0 unspecified atom stereocenters. The summed E-state index contributed by atoms with van der Waals surface area (Å²) < 4.78 is 21.6. The second-order valence-corrected chi connectivity index (χ2v) is 4.88. The van der Waals surface area contributed by atoms with Crippen LogP contribution in [0.2, 0.25) is 0 Å². The van der Waals surface area contributed by atoms with Gasteiger partial charge in [0.25, 0.3) is 11.6 Å². The highest BCUT2D eigenvalue weighted by Gasteiger charge is 2.60. The van der Waals surface area contributed by atoms with Gasteiger partial charge in [0.2, 0.25) is 0 Å². The molecule has 0 bridgehead atoms. The van der Waals surface area contributed by atoms with Crippen molar-refractivity contribution in [3.8, 4) is 0 Å². The molecule has 0 aromatic rings. The monoisotopic (exact) mass is 384 g/mol. The van der Waals surface area contributed by atoms with Crippen LogP contribution in [-0.4, -0.2) is 74.0 Å². The third-order valence-electron chi connectivity index (χ3n) is 2.98. The van der Waals surface area contributed by atoms with Crippen LogP contribution in [-0.2, 0) is 23.7 Å². The summed E-state index contributed by atoms with van der Waals surface area (Å²) in [6.45, 7) is 0. The lowest BCUT2D eigenvalue weighted by molar-refractivity contribution is -0.300. The molecule has 0 aliphatic heterocycles. The SMILES string of the molecule is O=C(O)OC1CC(OC(=O)O)(OC(=O)O)CC(OC(=O)O)(OC(=O)O)C1. The maximum absolute atomic E-state index is 10.9. The first kappa shape index (κ1) is 20.4. The Bertz CT molecular complexity index is 533. The second kappa shape index (κ2) is 7.49. The molecule has 0 atom stereocenters. The summed E-state index contributed by atoms with van der Waals surface area (Å²) in [6, 6.07) is 0. The van der Waals surface area contributed by atoms with Gasteiger partial charge in [0.1, 0.15) is 12.5 Å². The third kappa shape index (κ3) is 5.77. The van der Waals surface area contributed by atoms with Gasteiger partial charge in [-0.3, -0.25) is 0 Å². The maximum Gasteiger partial charge on any atom is 0.509 e. The van der Waals surface area contributed by atoms with E-state index < -0.39 is 67.7 Å². The molecule has 0 aromatic carbocycles. The summed E-state index contributed by atoms with van der Waals surface area (Å²) in [7, 11) is 0. The molecular weight excluding hydrogens is 372 g/mol. The van der Waals surface area contributed by atoms with Gasteiger partial charge in [0.15, 0.2) is 0 Å². The molecule has 1 saturated carbocycles. The van der Waals surface area contributed by atoms with Crippen LogP contribution in [0.1, 0.15) is 19.3 Å². The molecule has 0 aromatic heterocycles. The molecule has 15 heteroatoms. The average Bonchev–Trinajstić information content (AvgIpc) is 2.31. The molecule has 26 heavy (non-hydrogen) atoms. The molecule has 0 spiro atoms. The molecule has 1 rings (SSSR count). The third-order valence-corrected chi connectivity index (χ3v) is 2.98. The van der Waals surface area contributed by atoms with Crippen LogP contribution in [0.3, 0.4) is 0 Å². The Labute approximate surface area is 142 Å². The molecule has 0 radical (unpaired) electrons. The number of rotatable bonds is 5. The largest absolute Gasteiger partial charge is 0.509 e. The maximum atomic E-state index is 10.9. The number of ether oxygens (including phenoxy) is 5. The smallest absolute Gasteiger partial charge is 0.450 e. The number of carbonyl (C=O) groups is 5. The van der Waals surface area contributed by atoms with Gasteiger partial charge in [-0.2, -0.15) is 0 Å². The molecule has 0 amide bonds. The van der Waals surface area contributed by atoms with E-state index in [-0.39, 0.29) is 0 Å². The zero-order valence-corrected chi connectivity index (χ0v) is 12.5. The van der Waals surface area contributed by atoms with E-state index >= 15 is 0 Å².